The molecule has 10 heavy (non-hydrogen) atoms. The van der Waals surface area contributed by atoms with E-state index in [0.29, 0.717) is 0 Å². The molecule has 0 rings (SSSR count). The third-order valence-electron chi connectivity index (χ3n) is 1.51. The van der Waals surface area contributed by atoms with Gasteiger partial charge >= 0.3 is 0 Å². The Morgan fingerprint density at radius 2 is 1.90 bits per heavy atom. The highest BCUT2D eigenvalue weighted by Crippen LogP contribution is 1.99. The fraction of sp³-hybridized carbons (Fsp3) is 0.778. The van der Waals surface area contributed by atoms with E-state index in [9.17, 15) is 0 Å². The zero-order valence-corrected chi connectivity index (χ0v) is 7.27. The van der Waals surface area contributed by atoms with Gasteiger partial charge in [-0.3, -0.25) is 0 Å². The van der Waals surface area contributed by atoms with Gasteiger partial charge in [0.2, 0.25) is 0 Å². The molecule has 0 aromatic heterocycles. The van der Waals surface area contributed by atoms with Crippen molar-refractivity contribution in [1.82, 2.24) is 4.90 Å². The molecule has 0 saturated heterocycles. The topological polar surface area (TPSA) is 3.24 Å². The van der Waals surface area contributed by atoms with Crippen LogP contribution in [-0.4, -0.2) is 25.5 Å². The molecule has 60 valence electrons. The van der Waals surface area contributed by atoms with Gasteiger partial charge < -0.3 is 4.90 Å². The fourth-order valence-electron chi connectivity index (χ4n) is 0.893. The van der Waals surface area contributed by atoms with Gasteiger partial charge in [0.25, 0.3) is 0 Å². The standard InChI is InChI=1S/C9H19N/c1-4-5-6-7-8-9-10(2)3/h4H,1,5-9H2,2-3H3. The molecule has 0 N–H and O–H groups in total. The summed E-state index contributed by atoms with van der Waals surface area (Å²) in [6, 6.07) is 0. The van der Waals surface area contributed by atoms with E-state index in [-0.39, 0.29) is 0 Å². The molecule has 1 heteroatoms. The van der Waals surface area contributed by atoms with Crippen LogP contribution in [0.3, 0.4) is 0 Å². The molecular formula is C9H19N. The molecule has 0 saturated carbocycles. The van der Waals surface area contributed by atoms with E-state index in [0.717, 1.165) is 0 Å². The highest BCUT2D eigenvalue weighted by Gasteiger charge is 1.89. The lowest BCUT2D eigenvalue weighted by atomic mass is 10.2. The van der Waals surface area contributed by atoms with Gasteiger partial charge in [0.15, 0.2) is 0 Å². The van der Waals surface area contributed by atoms with Crippen LogP contribution < -0.4 is 0 Å². The summed E-state index contributed by atoms with van der Waals surface area (Å²) >= 11 is 0. The number of nitrogens with zero attached hydrogens (tertiary/aromatic N) is 1. The van der Waals surface area contributed by atoms with E-state index in [1.807, 2.05) is 6.08 Å². The van der Waals surface area contributed by atoms with Crippen molar-refractivity contribution < 1.29 is 0 Å². The van der Waals surface area contributed by atoms with Crippen LogP contribution in [0.4, 0.5) is 0 Å². The number of allylic oxidation sites excluding steroid dienone is 1. The average molecular weight is 141 g/mol. The Balaban J connectivity index is 2.83. The second-order valence-electron chi connectivity index (χ2n) is 2.94. The first kappa shape index (κ1) is 9.70. The minimum atomic E-state index is 1.17. The van der Waals surface area contributed by atoms with Gasteiger partial charge in [0.05, 0.1) is 0 Å². The molecule has 0 fully saturated rings. The van der Waals surface area contributed by atoms with E-state index in [4.69, 9.17) is 0 Å². The summed E-state index contributed by atoms with van der Waals surface area (Å²) in [5, 5.41) is 0. The predicted molar refractivity (Wildman–Crippen MR) is 47.2 cm³/mol. The fourth-order valence-corrected chi connectivity index (χ4v) is 0.893. The van der Waals surface area contributed by atoms with Crippen LogP contribution in [0.1, 0.15) is 25.7 Å². The summed E-state index contributed by atoms with van der Waals surface area (Å²) in [7, 11) is 4.24. The average Bonchev–Trinajstić information content (AvgIpc) is 1.87. The van der Waals surface area contributed by atoms with Crippen LogP contribution in [0.2, 0.25) is 0 Å². The molecule has 1 nitrogen and oxygen atoms in total. The summed E-state index contributed by atoms with van der Waals surface area (Å²) in [6.07, 6.45) is 7.13. The van der Waals surface area contributed by atoms with Crippen molar-refractivity contribution in [1.29, 1.82) is 0 Å². The molecule has 0 aliphatic heterocycles. The minimum absolute atomic E-state index is 1.17. The molecule has 0 aromatic carbocycles. The molecular weight excluding hydrogens is 122 g/mol. The molecule has 0 aliphatic carbocycles. The zero-order valence-electron chi connectivity index (χ0n) is 7.27. The second-order valence-corrected chi connectivity index (χ2v) is 2.94. The van der Waals surface area contributed by atoms with Crippen molar-refractivity contribution in [2.24, 2.45) is 0 Å². The van der Waals surface area contributed by atoms with E-state index in [1.165, 1.54) is 32.2 Å². The molecule has 0 amide bonds. The Bertz CT molecular complexity index is 76.8. The summed E-state index contributed by atoms with van der Waals surface area (Å²) in [5.74, 6) is 0. The highest BCUT2D eigenvalue weighted by atomic mass is 15.0. The maximum Gasteiger partial charge on any atom is -0.00248 e. The maximum absolute atomic E-state index is 3.68. The molecule has 0 bridgehead atoms. The van der Waals surface area contributed by atoms with Crippen molar-refractivity contribution in [3.8, 4) is 0 Å². The first-order valence-corrected chi connectivity index (χ1v) is 4.03. The highest BCUT2D eigenvalue weighted by molar-refractivity contribution is 4.65. The Morgan fingerprint density at radius 3 is 2.40 bits per heavy atom. The van der Waals surface area contributed by atoms with Crippen LogP contribution in [0.25, 0.3) is 0 Å². The molecule has 0 atom stereocenters. The Morgan fingerprint density at radius 1 is 1.20 bits per heavy atom. The van der Waals surface area contributed by atoms with Crippen LogP contribution in [0.15, 0.2) is 12.7 Å². The largest absolute Gasteiger partial charge is 0.309 e. The lowest BCUT2D eigenvalue weighted by molar-refractivity contribution is 0.392. The quantitative estimate of drug-likeness (QED) is 0.405. The van der Waals surface area contributed by atoms with Gasteiger partial charge in [0, 0.05) is 0 Å². The lowest BCUT2D eigenvalue weighted by Crippen LogP contribution is -2.12. The third kappa shape index (κ3) is 7.70. The summed E-state index contributed by atoms with van der Waals surface area (Å²) < 4.78 is 0. The number of hydrogen-bond acceptors (Lipinski definition) is 1. The normalized spacial score (nSPS) is 10.3. The van der Waals surface area contributed by atoms with Crippen molar-refractivity contribution in [3.63, 3.8) is 0 Å². The van der Waals surface area contributed by atoms with E-state index in [2.05, 4.69) is 25.6 Å². The van der Waals surface area contributed by atoms with Crippen LogP contribution in [-0.2, 0) is 0 Å². The molecule has 0 aliphatic rings. The number of unbranched alkanes of at least 4 members (excludes halogenated alkanes) is 3. The Kier molecular flexibility index (Phi) is 6.61. The van der Waals surface area contributed by atoms with Gasteiger partial charge in [-0.25, -0.2) is 0 Å². The van der Waals surface area contributed by atoms with Crippen LogP contribution in [0, 0.1) is 0 Å². The van der Waals surface area contributed by atoms with Gasteiger partial charge in [-0.15, -0.1) is 6.58 Å². The number of hydrogen-bond donors (Lipinski definition) is 0. The smallest absolute Gasteiger partial charge is 0.00248 e. The van der Waals surface area contributed by atoms with Crippen molar-refractivity contribution in [3.05, 3.63) is 12.7 Å². The van der Waals surface area contributed by atoms with Crippen molar-refractivity contribution in [2.45, 2.75) is 25.7 Å². The van der Waals surface area contributed by atoms with E-state index >= 15 is 0 Å². The van der Waals surface area contributed by atoms with Gasteiger partial charge in [-0.05, 0) is 39.9 Å². The minimum Gasteiger partial charge on any atom is -0.309 e. The van der Waals surface area contributed by atoms with Gasteiger partial charge in [0.1, 0.15) is 0 Å². The second kappa shape index (κ2) is 6.81. The molecule has 0 unspecified atom stereocenters. The van der Waals surface area contributed by atoms with Crippen LogP contribution in [0.5, 0.6) is 0 Å². The summed E-state index contributed by atoms with van der Waals surface area (Å²) in [6.45, 7) is 4.90. The van der Waals surface area contributed by atoms with Gasteiger partial charge in [-0.1, -0.05) is 12.5 Å². The van der Waals surface area contributed by atoms with Crippen LogP contribution >= 0.6 is 0 Å². The van der Waals surface area contributed by atoms with Gasteiger partial charge in [-0.2, -0.15) is 0 Å². The zero-order chi connectivity index (χ0) is 7.82. The lowest BCUT2D eigenvalue weighted by Gasteiger charge is -2.07. The molecule has 0 radical (unpaired) electrons. The Hall–Kier alpha value is -0.300. The van der Waals surface area contributed by atoms with Crippen molar-refractivity contribution >= 4 is 0 Å². The predicted octanol–water partition coefficient (Wildman–Crippen LogP) is 2.29. The SMILES string of the molecule is C=CCCCCCN(C)C. The molecule has 0 aromatic rings. The summed E-state index contributed by atoms with van der Waals surface area (Å²) in [4.78, 5) is 2.23. The summed E-state index contributed by atoms with van der Waals surface area (Å²) in [5.41, 5.74) is 0. The third-order valence-corrected chi connectivity index (χ3v) is 1.51. The first-order chi connectivity index (χ1) is 4.77. The maximum atomic E-state index is 3.68. The van der Waals surface area contributed by atoms with E-state index in [1.54, 1.807) is 0 Å². The monoisotopic (exact) mass is 141 g/mol. The van der Waals surface area contributed by atoms with Crippen molar-refractivity contribution in [2.75, 3.05) is 20.6 Å². The number of rotatable bonds is 6. The molecule has 0 spiro atoms. The van der Waals surface area contributed by atoms with E-state index < -0.39 is 0 Å². The molecule has 0 heterocycles. The Labute approximate surface area is 64.7 Å². The first-order valence-electron chi connectivity index (χ1n) is 4.03.